The number of carbonyl (C=O) groups is 2. The summed E-state index contributed by atoms with van der Waals surface area (Å²) in [5.74, 6) is 0.121. The summed E-state index contributed by atoms with van der Waals surface area (Å²) in [6.07, 6.45) is 0. The van der Waals surface area contributed by atoms with Crippen molar-refractivity contribution in [2.45, 2.75) is 20.8 Å². The van der Waals surface area contributed by atoms with Crippen molar-refractivity contribution in [3.05, 3.63) is 95.3 Å². The molecule has 4 rings (SSSR count). The highest BCUT2D eigenvalue weighted by molar-refractivity contribution is 6.06. The molecule has 2 N–H and O–H groups in total. The van der Waals surface area contributed by atoms with E-state index in [1.807, 2.05) is 38.1 Å². The predicted molar refractivity (Wildman–Crippen MR) is 131 cm³/mol. The number of benzene rings is 3. The largest absolute Gasteiger partial charge is 0.494 e. The Morgan fingerprint density at radius 1 is 0.824 bits per heavy atom. The molecule has 0 spiro atoms. The van der Waals surface area contributed by atoms with Gasteiger partial charge in [0.15, 0.2) is 5.69 Å². The standard InChI is InChI=1S/C26H25N5O3/c1-4-34-23-15-11-21(12-16-23)27-25(32)19-7-9-20(10-8-19)28-26(33)24-18(3)31(30-29-24)22-13-5-17(2)6-14-22/h5-16H,4H2,1-3H3,(H,27,32)(H,28,33). The van der Waals surface area contributed by atoms with Crippen molar-refractivity contribution in [2.75, 3.05) is 17.2 Å². The van der Waals surface area contributed by atoms with Crippen LogP contribution in [0.15, 0.2) is 72.8 Å². The Bertz CT molecular complexity index is 1290. The minimum absolute atomic E-state index is 0.234. The van der Waals surface area contributed by atoms with E-state index in [9.17, 15) is 9.59 Å². The Hall–Kier alpha value is -4.46. The molecular weight excluding hydrogens is 430 g/mol. The van der Waals surface area contributed by atoms with Crippen molar-refractivity contribution in [3.63, 3.8) is 0 Å². The molecule has 172 valence electrons. The van der Waals surface area contributed by atoms with Crippen LogP contribution >= 0.6 is 0 Å². The van der Waals surface area contributed by atoms with Gasteiger partial charge in [0.25, 0.3) is 11.8 Å². The SMILES string of the molecule is CCOc1ccc(NC(=O)c2ccc(NC(=O)c3nnn(-c4ccc(C)cc4)c3C)cc2)cc1. The van der Waals surface area contributed by atoms with Gasteiger partial charge in [-0.1, -0.05) is 22.9 Å². The number of nitrogens with zero attached hydrogens (tertiary/aromatic N) is 3. The van der Waals surface area contributed by atoms with Gasteiger partial charge in [-0.15, -0.1) is 5.10 Å². The van der Waals surface area contributed by atoms with E-state index >= 15 is 0 Å². The van der Waals surface area contributed by atoms with Crippen molar-refractivity contribution in [3.8, 4) is 11.4 Å². The zero-order valence-electron chi connectivity index (χ0n) is 19.2. The van der Waals surface area contributed by atoms with E-state index in [1.54, 1.807) is 60.1 Å². The normalized spacial score (nSPS) is 10.6. The van der Waals surface area contributed by atoms with Crippen molar-refractivity contribution >= 4 is 23.2 Å². The molecule has 0 unspecified atom stereocenters. The maximum absolute atomic E-state index is 12.8. The second kappa shape index (κ2) is 9.99. The van der Waals surface area contributed by atoms with Crippen LogP contribution in [0.4, 0.5) is 11.4 Å². The molecule has 3 aromatic carbocycles. The van der Waals surface area contributed by atoms with Gasteiger partial charge in [-0.25, -0.2) is 4.68 Å². The molecule has 0 atom stereocenters. The Balaban J connectivity index is 1.40. The number of aryl methyl sites for hydroxylation is 1. The lowest BCUT2D eigenvalue weighted by Gasteiger charge is -2.08. The lowest BCUT2D eigenvalue weighted by Crippen LogP contribution is -2.15. The zero-order valence-corrected chi connectivity index (χ0v) is 19.2. The molecular formula is C26H25N5O3. The van der Waals surface area contributed by atoms with Gasteiger partial charge >= 0.3 is 0 Å². The van der Waals surface area contributed by atoms with Gasteiger partial charge in [0, 0.05) is 16.9 Å². The van der Waals surface area contributed by atoms with Crippen molar-refractivity contribution in [1.82, 2.24) is 15.0 Å². The first-order valence-corrected chi connectivity index (χ1v) is 10.9. The van der Waals surface area contributed by atoms with Gasteiger partial charge < -0.3 is 15.4 Å². The van der Waals surface area contributed by atoms with Gasteiger partial charge in [0.05, 0.1) is 18.0 Å². The molecule has 0 aliphatic rings. The van der Waals surface area contributed by atoms with E-state index in [2.05, 4.69) is 20.9 Å². The first kappa shape index (κ1) is 22.7. The van der Waals surface area contributed by atoms with Gasteiger partial charge in [0.1, 0.15) is 5.75 Å². The molecule has 8 heteroatoms. The number of hydrogen-bond acceptors (Lipinski definition) is 5. The van der Waals surface area contributed by atoms with Gasteiger partial charge in [0.2, 0.25) is 0 Å². The molecule has 34 heavy (non-hydrogen) atoms. The molecule has 1 aromatic heterocycles. The summed E-state index contributed by atoms with van der Waals surface area (Å²) in [7, 11) is 0. The van der Waals surface area contributed by atoms with Gasteiger partial charge in [-0.3, -0.25) is 9.59 Å². The number of anilines is 2. The number of nitrogens with one attached hydrogen (secondary N) is 2. The van der Waals surface area contributed by atoms with Crippen LogP contribution in [0.5, 0.6) is 5.75 Å². The Kier molecular flexibility index (Phi) is 6.68. The number of hydrogen-bond donors (Lipinski definition) is 2. The van der Waals surface area contributed by atoms with Crippen LogP contribution in [-0.4, -0.2) is 33.4 Å². The predicted octanol–water partition coefficient (Wildman–Crippen LogP) is 4.79. The van der Waals surface area contributed by atoms with Crippen molar-refractivity contribution < 1.29 is 14.3 Å². The summed E-state index contributed by atoms with van der Waals surface area (Å²) in [6.45, 7) is 6.30. The third-order valence-electron chi connectivity index (χ3n) is 5.22. The minimum Gasteiger partial charge on any atom is -0.494 e. The fourth-order valence-corrected chi connectivity index (χ4v) is 3.37. The molecule has 0 fully saturated rings. The molecule has 2 amide bonds. The highest BCUT2D eigenvalue weighted by Gasteiger charge is 2.18. The van der Waals surface area contributed by atoms with Gasteiger partial charge in [-0.05, 0) is 81.4 Å². The van der Waals surface area contributed by atoms with Crippen LogP contribution in [0.1, 0.15) is 39.0 Å². The molecule has 0 saturated heterocycles. The van der Waals surface area contributed by atoms with Gasteiger partial charge in [-0.2, -0.15) is 0 Å². The summed E-state index contributed by atoms with van der Waals surface area (Å²) < 4.78 is 7.03. The monoisotopic (exact) mass is 455 g/mol. The van der Waals surface area contributed by atoms with E-state index in [0.29, 0.717) is 29.2 Å². The molecule has 0 aliphatic carbocycles. The first-order chi connectivity index (χ1) is 16.4. The summed E-state index contributed by atoms with van der Waals surface area (Å²) in [5.41, 5.74) is 4.51. The Morgan fingerprint density at radius 2 is 1.41 bits per heavy atom. The fourth-order valence-electron chi connectivity index (χ4n) is 3.37. The lowest BCUT2D eigenvalue weighted by molar-refractivity contribution is 0.101. The van der Waals surface area contributed by atoms with Crippen LogP contribution < -0.4 is 15.4 Å². The second-order valence-electron chi connectivity index (χ2n) is 7.71. The Morgan fingerprint density at radius 3 is 2.03 bits per heavy atom. The van der Waals surface area contributed by atoms with E-state index in [0.717, 1.165) is 17.0 Å². The second-order valence-corrected chi connectivity index (χ2v) is 7.71. The maximum Gasteiger partial charge on any atom is 0.278 e. The number of rotatable bonds is 7. The Labute approximate surface area is 197 Å². The first-order valence-electron chi connectivity index (χ1n) is 10.9. The highest BCUT2D eigenvalue weighted by Crippen LogP contribution is 2.18. The number of amides is 2. The van der Waals surface area contributed by atoms with Crippen molar-refractivity contribution in [1.29, 1.82) is 0 Å². The van der Waals surface area contributed by atoms with Crippen LogP contribution in [0, 0.1) is 13.8 Å². The molecule has 4 aromatic rings. The molecule has 0 aliphatic heterocycles. The van der Waals surface area contributed by atoms with E-state index in [-0.39, 0.29) is 17.5 Å². The van der Waals surface area contributed by atoms with Crippen LogP contribution in [-0.2, 0) is 0 Å². The average molecular weight is 456 g/mol. The van der Waals surface area contributed by atoms with Crippen LogP contribution in [0.25, 0.3) is 5.69 Å². The molecule has 1 heterocycles. The summed E-state index contributed by atoms with van der Waals surface area (Å²) in [4.78, 5) is 25.3. The third-order valence-corrected chi connectivity index (χ3v) is 5.22. The molecule has 0 bridgehead atoms. The minimum atomic E-state index is -0.373. The summed E-state index contributed by atoms with van der Waals surface area (Å²) in [5, 5.41) is 13.8. The van der Waals surface area contributed by atoms with E-state index in [4.69, 9.17) is 4.74 Å². The number of ether oxygens (including phenoxy) is 1. The topological polar surface area (TPSA) is 98.1 Å². The molecule has 0 saturated carbocycles. The van der Waals surface area contributed by atoms with Crippen LogP contribution in [0.3, 0.4) is 0 Å². The van der Waals surface area contributed by atoms with E-state index < -0.39 is 0 Å². The average Bonchev–Trinajstić information content (AvgIpc) is 3.23. The van der Waals surface area contributed by atoms with Crippen LogP contribution in [0.2, 0.25) is 0 Å². The zero-order chi connectivity index (χ0) is 24.1. The van der Waals surface area contributed by atoms with Crippen molar-refractivity contribution in [2.24, 2.45) is 0 Å². The smallest absolute Gasteiger partial charge is 0.278 e. The number of aromatic nitrogens is 3. The summed E-state index contributed by atoms with van der Waals surface area (Å²) >= 11 is 0. The maximum atomic E-state index is 12.8. The lowest BCUT2D eigenvalue weighted by atomic mass is 10.2. The molecule has 0 radical (unpaired) electrons. The quantitative estimate of drug-likeness (QED) is 0.418. The highest BCUT2D eigenvalue weighted by atomic mass is 16.5. The summed E-state index contributed by atoms with van der Waals surface area (Å²) in [6, 6.07) is 21.6. The number of carbonyl (C=O) groups excluding carboxylic acids is 2. The third kappa shape index (κ3) is 5.12. The molecule has 8 nitrogen and oxygen atoms in total. The van der Waals surface area contributed by atoms with E-state index in [1.165, 1.54) is 0 Å². The fraction of sp³-hybridized carbons (Fsp3) is 0.154.